The van der Waals surface area contributed by atoms with Crippen molar-refractivity contribution in [2.24, 2.45) is 0 Å². The summed E-state index contributed by atoms with van der Waals surface area (Å²) in [4.78, 5) is 8.64. The van der Waals surface area contributed by atoms with Gasteiger partial charge in [-0.15, -0.1) is 0 Å². The molecule has 0 bridgehead atoms. The molecule has 0 atom stereocenters. The summed E-state index contributed by atoms with van der Waals surface area (Å²) in [5, 5.41) is 5.76. The van der Waals surface area contributed by atoms with Gasteiger partial charge in [-0.25, -0.2) is 14.6 Å². The fourth-order valence-electron chi connectivity index (χ4n) is 3.57. The number of ether oxygens (including phenoxy) is 1. The molecule has 1 saturated carbocycles. The van der Waals surface area contributed by atoms with Crippen LogP contribution in [0.1, 0.15) is 43.0 Å². The third-order valence-electron chi connectivity index (χ3n) is 4.77. The van der Waals surface area contributed by atoms with Gasteiger partial charge in [-0.3, -0.25) is 0 Å². The highest BCUT2D eigenvalue weighted by Crippen LogP contribution is 2.33. The Bertz CT molecular complexity index is 867. The van der Waals surface area contributed by atoms with E-state index in [1.54, 1.807) is 7.11 Å². The van der Waals surface area contributed by atoms with Gasteiger partial charge >= 0.3 is 0 Å². The van der Waals surface area contributed by atoms with Gasteiger partial charge in [0.1, 0.15) is 17.9 Å². The summed E-state index contributed by atoms with van der Waals surface area (Å²) < 4.78 is 7.38. The van der Waals surface area contributed by atoms with E-state index in [1.807, 2.05) is 18.2 Å². The number of benzene rings is 1. The molecular formula is C18H21N5O. The van der Waals surface area contributed by atoms with Crippen molar-refractivity contribution in [2.75, 3.05) is 12.8 Å². The maximum Gasteiger partial charge on any atom is 0.163 e. The van der Waals surface area contributed by atoms with Crippen LogP contribution in [-0.4, -0.2) is 26.9 Å². The molecule has 0 saturated heterocycles. The third kappa shape index (κ3) is 2.58. The summed E-state index contributed by atoms with van der Waals surface area (Å²) >= 11 is 0. The molecular weight excluding hydrogens is 302 g/mol. The van der Waals surface area contributed by atoms with Crippen molar-refractivity contribution in [3.63, 3.8) is 0 Å². The molecule has 1 aromatic carbocycles. The Labute approximate surface area is 140 Å². The number of methoxy groups -OCH3 is 1. The largest absolute Gasteiger partial charge is 0.497 e. The molecule has 0 spiro atoms. The quantitative estimate of drug-likeness (QED) is 0.798. The van der Waals surface area contributed by atoms with Crippen molar-refractivity contribution in [2.45, 2.75) is 38.1 Å². The molecule has 0 radical (unpaired) electrons. The van der Waals surface area contributed by atoms with Crippen molar-refractivity contribution in [1.82, 2.24) is 19.7 Å². The summed E-state index contributed by atoms with van der Waals surface area (Å²) in [6.45, 7) is 0. The lowest BCUT2D eigenvalue weighted by molar-refractivity contribution is 0.414. The van der Waals surface area contributed by atoms with Gasteiger partial charge in [0, 0.05) is 6.42 Å². The van der Waals surface area contributed by atoms with Gasteiger partial charge in [0.15, 0.2) is 5.65 Å². The van der Waals surface area contributed by atoms with E-state index in [2.05, 4.69) is 20.7 Å². The van der Waals surface area contributed by atoms with Crippen LogP contribution in [0, 0.1) is 0 Å². The monoisotopic (exact) mass is 323 g/mol. The maximum atomic E-state index is 6.15. The molecule has 2 aromatic heterocycles. The second-order valence-corrected chi connectivity index (χ2v) is 6.32. The zero-order valence-corrected chi connectivity index (χ0v) is 13.8. The normalized spacial score (nSPS) is 15.2. The number of aromatic nitrogens is 4. The highest BCUT2D eigenvalue weighted by molar-refractivity contribution is 5.88. The molecule has 124 valence electrons. The maximum absolute atomic E-state index is 6.15. The van der Waals surface area contributed by atoms with E-state index in [9.17, 15) is 0 Å². The van der Waals surface area contributed by atoms with Gasteiger partial charge in [-0.05, 0) is 30.5 Å². The van der Waals surface area contributed by atoms with Gasteiger partial charge in [-0.1, -0.05) is 25.0 Å². The van der Waals surface area contributed by atoms with E-state index in [0.717, 1.165) is 40.9 Å². The van der Waals surface area contributed by atoms with E-state index in [-0.39, 0.29) is 0 Å². The van der Waals surface area contributed by atoms with Crippen molar-refractivity contribution in [1.29, 1.82) is 0 Å². The van der Waals surface area contributed by atoms with Crippen molar-refractivity contribution < 1.29 is 4.74 Å². The number of hydrogen-bond acceptors (Lipinski definition) is 5. The molecule has 1 fully saturated rings. The van der Waals surface area contributed by atoms with E-state index in [1.165, 1.54) is 19.2 Å². The number of rotatable bonds is 4. The number of nitrogens with zero attached hydrogens (tertiary/aromatic N) is 4. The SMILES string of the molecule is COc1cccc(Cc2nn(C3CCCC3)c3ncnc(N)c23)c1. The van der Waals surface area contributed by atoms with Crippen LogP contribution in [0.15, 0.2) is 30.6 Å². The fraction of sp³-hybridized carbons (Fsp3) is 0.389. The molecule has 3 aromatic rings. The highest BCUT2D eigenvalue weighted by Gasteiger charge is 2.23. The van der Waals surface area contributed by atoms with Gasteiger partial charge in [0.25, 0.3) is 0 Å². The van der Waals surface area contributed by atoms with Crippen LogP contribution in [0.4, 0.5) is 5.82 Å². The van der Waals surface area contributed by atoms with Gasteiger partial charge in [-0.2, -0.15) is 5.10 Å². The van der Waals surface area contributed by atoms with Crippen LogP contribution >= 0.6 is 0 Å². The Balaban J connectivity index is 1.79. The van der Waals surface area contributed by atoms with Crippen LogP contribution in [0.25, 0.3) is 11.0 Å². The summed E-state index contributed by atoms with van der Waals surface area (Å²) in [5.74, 6) is 1.35. The summed E-state index contributed by atoms with van der Waals surface area (Å²) in [6, 6.07) is 8.45. The average Bonchev–Trinajstić information content (AvgIpc) is 3.24. The van der Waals surface area contributed by atoms with Crippen LogP contribution in [0.2, 0.25) is 0 Å². The lowest BCUT2D eigenvalue weighted by atomic mass is 10.1. The van der Waals surface area contributed by atoms with Gasteiger partial charge in [0.05, 0.1) is 24.2 Å². The fourth-order valence-corrected chi connectivity index (χ4v) is 3.57. The van der Waals surface area contributed by atoms with E-state index in [4.69, 9.17) is 15.6 Å². The van der Waals surface area contributed by atoms with E-state index >= 15 is 0 Å². The van der Waals surface area contributed by atoms with Crippen molar-refractivity contribution in [3.05, 3.63) is 41.9 Å². The molecule has 0 aliphatic heterocycles. The topological polar surface area (TPSA) is 78.8 Å². The molecule has 24 heavy (non-hydrogen) atoms. The minimum absolute atomic E-state index is 0.417. The summed E-state index contributed by atoms with van der Waals surface area (Å²) in [5.41, 5.74) is 9.07. The Morgan fingerprint density at radius 1 is 1.25 bits per heavy atom. The van der Waals surface area contributed by atoms with Crippen LogP contribution < -0.4 is 10.5 Å². The Hall–Kier alpha value is -2.63. The molecule has 1 aliphatic carbocycles. The molecule has 4 rings (SSSR count). The number of nitrogens with two attached hydrogens (primary N) is 1. The van der Waals surface area contributed by atoms with Crippen molar-refractivity contribution >= 4 is 16.9 Å². The van der Waals surface area contributed by atoms with Crippen molar-refractivity contribution in [3.8, 4) is 5.75 Å². The standard InChI is InChI=1S/C18H21N5O/c1-24-14-8-4-5-12(9-14)10-15-16-17(19)20-11-21-18(16)23(22-15)13-6-2-3-7-13/h4-5,8-9,11,13H,2-3,6-7,10H2,1H3,(H2,19,20,21). The molecule has 6 heteroatoms. The second-order valence-electron chi connectivity index (χ2n) is 6.32. The third-order valence-corrected chi connectivity index (χ3v) is 4.77. The lowest BCUT2D eigenvalue weighted by Gasteiger charge is -2.10. The Morgan fingerprint density at radius 3 is 2.88 bits per heavy atom. The average molecular weight is 323 g/mol. The predicted molar refractivity (Wildman–Crippen MR) is 93.0 cm³/mol. The highest BCUT2D eigenvalue weighted by atomic mass is 16.5. The summed E-state index contributed by atoms with van der Waals surface area (Å²) in [6.07, 6.45) is 7.01. The first-order valence-corrected chi connectivity index (χ1v) is 8.37. The molecule has 0 amide bonds. The van der Waals surface area contributed by atoms with Crippen LogP contribution in [0.3, 0.4) is 0 Å². The molecule has 0 unspecified atom stereocenters. The molecule has 2 heterocycles. The minimum atomic E-state index is 0.417. The van der Waals surface area contributed by atoms with E-state index < -0.39 is 0 Å². The number of nitrogen functional groups attached to an aromatic ring is 1. The number of anilines is 1. The predicted octanol–water partition coefficient (Wildman–Crippen LogP) is 3.12. The van der Waals surface area contributed by atoms with Gasteiger partial charge in [0.2, 0.25) is 0 Å². The Morgan fingerprint density at radius 2 is 2.08 bits per heavy atom. The number of hydrogen-bond donors (Lipinski definition) is 1. The molecule has 6 nitrogen and oxygen atoms in total. The molecule has 1 aliphatic rings. The molecule has 2 N–H and O–H groups in total. The summed E-state index contributed by atoms with van der Waals surface area (Å²) in [7, 11) is 1.68. The van der Waals surface area contributed by atoms with Crippen LogP contribution in [0.5, 0.6) is 5.75 Å². The first kappa shape index (κ1) is 14.9. The lowest BCUT2D eigenvalue weighted by Crippen LogP contribution is -2.07. The zero-order valence-electron chi connectivity index (χ0n) is 13.8. The first-order chi connectivity index (χ1) is 11.8. The van der Waals surface area contributed by atoms with Gasteiger partial charge < -0.3 is 10.5 Å². The number of fused-ring (bicyclic) bond motifs is 1. The Kier molecular flexibility index (Phi) is 3.80. The minimum Gasteiger partial charge on any atom is -0.497 e. The first-order valence-electron chi connectivity index (χ1n) is 8.37. The second kappa shape index (κ2) is 6.11. The smallest absolute Gasteiger partial charge is 0.163 e. The zero-order chi connectivity index (χ0) is 16.5. The van der Waals surface area contributed by atoms with E-state index in [0.29, 0.717) is 18.3 Å². The van der Waals surface area contributed by atoms with Crippen LogP contribution in [-0.2, 0) is 6.42 Å².